The van der Waals surface area contributed by atoms with Crippen LogP contribution in [0.1, 0.15) is 18.4 Å². The van der Waals surface area contributed by atoms with Crippen molar-refractivity contribution in [2.45, 2.75) is 19.0 Å². The van der Waals surface area contributed by atoms with E-state index in [1.807, 2.05) is 18.2 Å². The molecule has 0 unspecified atom stereocenters. The Bertz CT molecular complexity index is 746. The molecular weight excluding hydrogens is 339 g/mol. The minimum absolute atomic E-state index is 0.635. The van der Waals surface area contributed by atoms with Crippen molar-refractivity contribution in [3.05, 3.63) is 48.0 Å². The molecule has 0 spiro atoms. The molecule has 1 aliphatic carbocycles. The topological polar surface area (TPSA) is 19.4 Å². The van der Waals surface area contributed by atoms with Gasteiger partial charge in [-0.05, 0) is 43.0 Å². The van der Waals surface area contributed by atoms with E-state index in [2.05, 4.69) is 14.8 Å². The first-order chi connectivity index (χ1) is 12.5. The van der Waals surface area contributed by atoms with E-state index in [4.69, 9.17) is 0 Å². The van der Waals surface area contributed by atoms with Gasteiger partial charge in [0.1, 0.15) is 5.82 Å². The third-order valence-electron chi connectivity index (χ3n) is 5.15. The molecule has 3 nitrogen and oxygen atoms in total. The smallest absolute Gasteiger partial charge is 0.354 e. The molecule has 2 aliphatic rings. The zero-order valence-corrected chi connectivity index (χ0v) is 14.5. The lowest BCUT2D eigenvalue weighted by molar-refractivity contribution is -0.137. The van der Waals surface area contributed by atoms with Gasteiger partial charge in [-0.3, -0.25) is 4.90 Å². The van der Waals surface area contributed by atoms with E-state index in [0.29, 0.717) is 11.3 Å². The Kier molecular flexibility index (Phi) is 4.61. The quantitative estimate of drug-likeness (QED) is 0.809. The van der Waals surface area contributed by atoms with E-state index in [1.54, 1.807) is 0 Å². The third kappa shape index (κ3) is 4.01. The van der Waals surface area contributed by atoms with Crippen molar-refractivity contribution in [1.29, 1.82) is 0 Å². The number of rotatable bonds is 4. The summed E-state index contributed by atoms with van der Waals surface area (Å²) < 4.78 is 38.2. The Morgan fingerprint density at radius 2 is 1.62 bits per heavy atom. The fraction of sp³-hybridized carbons (Fsp3) is 0.450. The van der Waals surface area contributed by atoms with Gasteiger partial charge in [0.15, 0.2) is 0 Å². The fourth-order valence-corrected chi connectivity index (χ4v) is 3.42. The Hall–Kier alpha value is -2.08. The number of aromatic nitrogens is 1. The van der Waals surface area contributed by atoms with Gasteiger partial charge in [-0.1, -0.05) is 18.2 Å². The second-order valence-corrected chi connectivity index (χ2v) is 7.19. The van der Waals surface area contributed by atoms with Crippen LogP contribution in [0, 0.1) is 5.92 Å². The molecule has 0 N–H and O–H groups in total. The average molecular weight is 361 g/mol. The summed E-state index contributed by atoms with van der Waals surface area (Å²) in [5, 5.41) is 0. The molecular formula is C20H22F3N3. The molecule has 0 radical (unpaired) electrons. The van der Waals surface area contributed by atoms with Crippen LogP contribution < -0.4 is 4.90 Å². The van der Waals surface area contributed by atoms with Crippen molar-refractivity contribution in [3.8, 4) is 11.3 Å². The van der Waals surface area contributed by atoms with Crippen LogP contribution >= 0.6 is 0 Å². The lowest BCUT2D eigenvalue weighted by Crippen LogP contribution is -2.47. The van der Waals surface area contributed by atoms with Gasteiger partial charge in [0.05, 0.1) is 11.3 Å². The van der Waals surface area contributed by atoms with Gasteiger partial charge in [-0.25, -0.2) is 4.98 Å². The molecule has 1 saturated carbocycles. The molecule has 2 heterocycles. The van der Waals surface area contributed by atoms with Crippen molar-refractivity contribution < 1.29 is 13.2 Å². The monoisotopic (exact) mass is 361 g/mol. The van der Waals surface area contributed by atoms with E-state index in [0.717, 1.165) is 50.0 Å². The minimum atomic E-state index is -4.31. The number of hydrogen-bond donors (Lipinski definition) is 0. The molecule has 0 bridgehead atoms. The highest BCUT2D eigenvalue weighted by Gasteiger charge is 2.30. The Morgan fingerprint density at radius 1 is 0.923 bits per heavy atom. The van der Waals surface area contributed by atoms with Crippen molar-refractivity contribution in [2.24, 2.45) is 5.92 Å². The van der Waals surface area contributed by atoms with Crippen LogP contribution in [0.5, 0.6) is 0 Å². The molecule has 2 fully saturated rings. The molecule has 0 amide bonds. The molecule has 1 aliphatic heterocycles. The first-order valence-electron chi connectivity index (χ1n) is 9.11. The maximum absolute atomic E-state index is 12.7. The molecule has 1 aromatic heterocycles. The lowest BCUT2D eigenvalue weighted by Gasteiger charge is -2.35. The van der Waals surface area contributed by atoms with Gasteiger partial charge < -0.3 is 4.90 Å². The van der Waals surface area contributed by atoms with Gasteiger partial charge in [0, 0.05) is 38.3 Å². The zero-order chi connectivity index (χ0) is 18.1. The SMILES string of the molecule is FC(F)(F)c1ccc(-c2cccc(N3CCN(CC4CC4)CC3)n2)cc1. The summed E-state index contributed by atoms with van der Waals surface area (Å²) in [4.78, 5) is 9.47. The summed E-state index contributed by atoms with van der Waals surface area (Å²) in [5.74, 6) is 1.80. The first kappa shape index (κ1) is 17.3. The molecule has 4 rings (SSSR count). The van der Waals surface area contributed by atoms with E-state index < -0.39 is 11.7 Å². The minimum Gasteiger partial charge on any atom is -0.354 e. The van der Waals surface area contributed by atoms with Crippen LogP contribution in [0.2, 0.25) is 0 Å². The number of nitrogens with zero attached hydrogens (tertiary/aromatic N) is 3. The van der Waals surface area contributed by atoms with Crippen molar-refractivity contribution >= 4 is 5.82 Å². The maximum Gasteiger partial charge on any atom is 0.416 e. The molecule has 138 valence electrons. The highest BCUT2D eigenvalue weighted by atomic mass is 19.4. The number of halogens is 3. The zero-order valence-electron chi connectivity index (χ0n) is 14.5. The second-order valence-electron chi connectivity index (χ2n) is 7.19. The first-order valence-corrected chi connectivity index (χ1v) is 9.11. The highest BCUT2D eigenvalue weighted by molar-refractivity contribution is 5.62. The fourth-order valence-electron chi connectivity index (χ4n) is 3.42. The Morgan fingerprint density at radius 3 is 2.23 bits per heavy atom. The van der Waals surface area contributed by atoms with Crippen LogP contribution in [0.3, 0.4) is 0 Å². The lowest BCUT2D eigenvalue weighted by atomic mass is 10.1. The highest BCUT2D eigenvalue weighted by Crippen LogP contribution is 2.32. The van der Waals surface area contributed by atoms with Gasteiger partial charge in [0.2, 0.25) is 0 Å². The van der Waals surface area contributed by atoms with E-state index in [-0.39, 0.29) is 0 Å². The summed E-state index contributed by atoms with van der Waals surface area (Å²) in [5.41, 5.74) is 0.771. The molecule has 26 heavy (non-hydrogen) atoms. The maximum atomic E-state index is 12.7. The number of pyridine rings is 1. The van der Waals surface area contributed by atoms with Crippen LogP contribution in [-0.4, -0.2) is 42.6 Å². The number of hydrogen-bond acceptors (Lipinski definition) is 3. The molecule has 1 aromatic carbocycles. The van der Waals surface area contributed by atoms with Crippen LogP contribution in [0.4, 0.5) is 19.0 Å². The summed E-state index contributed by atoms with van der Waals surface area (Å²) >= 11 is 0. The normalized spacial score (nSPS) is 19.0. The molecule has 1 saturated heterocycles. The Labute approximate surface area is 151 Å². The third-order valence-corrected chi connectivity index (χ3v) is 5.15. The predicted octanol–water partition coefficient (Wildman–Crippen LogP) is 4.30. The van der Waals surface area contributed by atoms with Gasteiger partial charge in [0.25, 0.3) is 0 Å². The van der Waals surface area contributed by atoms with E-state index >= 15 is 0 Å². The molecule has 2 aromatic rings. The molecule has 6 heteroatoms. The van der Waals surface area contributed by atoms with Crippen molar-refractivity contribution in [1.82, 2.24) is 9.88 Å². The van der Waals surface area contributed by atoms with Gasteiger partial charge >= 0.3 is 6.18 Å². The second kappa shape index (κ2) is 6.91. The van der Waals surface area contributed by atoms with Crippen LogP contribution in [0.25, 0.3) is 11.3 Å². The largest absolute Gasteiger partial charge is 0.416 e. The number of anilines is 1. The van der Waals surface area contributed by atoms with Crippen LogP contribution in [-0.2, 0) is 6.18 Å². The van der Waals surface area contributed by atoms with E-state index in [9.17, 15) is 13.2 Å². The number of alkyl halides is 3. The standard InChI is InChI=1S/C20H22F3N3/c21-20(22,23)17-8-6-16(7-9-17)18-2-1-3-19(24-18)26-12-10-25(11-13-26)14-15-4-5-15/h1-3,6-9,15H,4-5,10-14H2. The molecule has 0 atom stereocenters. The summed E-state index contributed by atoms with van der Waals surface area (Å²) in [6.45, 7) is 5.19. The van der Waals surface area contributed by atoms with E-state index in [1.165, 1.54) is 31.5 Å². The van der Waals surface area contributed by atoms with Gasteiger partial charge in [-0.2, -0.15) is 13.2 Å². The summed E-state index contributed by atoms with van der Waals surface area (Å²) in [6.07, 6.45) is -1.57. The van der Waals surface area contributed by atoms with Crippen molar-refractivity contribution in [2.75, 3.05) is 37.6 Å². The number of benzene rings is 1. The summed E-state index contributed by atoms with van der Waals surface area (Å²) in [7, 11) is 0. The number of piperazine rings is 1. The Balaban J connectivity index is 1.45. The summed E-state index contributed by atoms with van der Waals surface area (Å²) in [6, 6.07) is 10.9. The van der Waals surface area contributed by atoms with Crippen molar-refractivity contribution in [3.63, 3.8) is 0 Å². The van der Waals surface area contributed by atoms with Crippen LogP contribution in [0.15, 0.2) is 42.5 Å². The average Bonchev–Trinajstić information content (AvgIpc) is 3.46. The van der Waals surface area contributed by atoms with Gasteiger partial charge in [-0.15, -0.1) is 0 Å². The predicted molar refractivity (Wildman–Crippen MR) is 96.1 cm³/mol.